The maximum absolute atomic E-state index is 11.2. The van der Waals surface area contributed by atoms with Gasteiger partial charge in [-0.15, -0.1) is 0 Å². The first-order valence-electron chi connectivity index (χ1n) is 5.19. The van der Waals surface area contributed by atoms with E-state index in [-0.39, 0.29) is 17.4 Å². The average Bonchev–Trinajstić information content (AvgIpc) is 2.28. The van der Waals surface area contributed by atoms with E-state index in [1.807, 2.05) is 0 Å². The summed E-state index contributed by atoms with van der Waals surface area (Å²) in [7, 11) is 1.41. The lowest BCUT2D eigenvalue weighted by atomic mass is 10.2. The van der Waals surface area contributed by atoms with E-state index in [0.29, 0.717) is 13.0 Å². The van der Waals surface area contributed by atoms with Crippen LogP contribution < -0.4 is 4.74 Å². The molecular weight excluding hydrogens is 266 g/mol. The molecule has 0 aliphatic heterocycles. The van der Waals surface area contributed by atoms with Crippen LogP contribution in [0, 0.1) is 0 Å². The highest BCUT2D eigenvalue weighted by atomic mass is 35.7. The molecule has 0 amide bonds. The summed E-state index contributed by atoms with van der Waals surface area (Å²) in [5, 5.41) is 8.58. The quantitative estimate of drug-likeness (QED) is 0.605. The number of unbranched alkanes of at least 4 members (excludes halogenated alkanes) is 2. The van der Waals surface area contributed by atoms with E-state index < -0.39 is 9.05 Å². The molecule has 1 N–H and O–H groups in total. The van der Waals surface area contributed by atoms with Gasteiger partial charge in [0.2, 0.25) is 5.88 Å². The molecule has 0 aromatic carbocycles. The zero-order chi connectivity index (χ0) is 12.7. The van der Waals surface area contributed by atoms with Gasteiger partial charge in [0.05, 0.1) is 6.61 Å². The first-order chi connectivity index (χ1) is 8.05. The van der Waals surface area contributed by atoms with Crippen molar-refractivity contribution >= 4 is 19.7 Å². The molecule has 0 spiro atoms. The van der Waals surface area contributed by atoms with E-state index in [9.17, 15) is 8.42 Å². The number of aliphatic hydroxyl groups is 1. The molecule has 0 saturated carbocycles. The van der Waals surface area contributed by atoms with E-state index in [1.54, 1.807) is 0 Å². The molecule has 5 nitrogen and oxygen atoms in total. The minimum Gasteiger partial charge on any atom is -0.477 e. The number of ether oxygens (including phenoxy) is 1. The van der Waals surface area contributed by atoms with Crippen molar-refractivity contribution in [3.63, 3.8) is 0 Å². The van der Waals surface area contributed by atoms with Gasteiger partial charge in [0.25, 0.3) is 9.05 Å². The van der Waals surface area contributed by atoms with Crippen molar-refractivity contribution in [1.82, 2.24) is 4.98 Å². The molecule has 1 aromatic heterocycles. The van der Waals surface area contributed by atoms with Gasteiger partial charge in [0.1, 0.15) is 4.90 Å². The number of aliphatic hydroxyl groups excluding tert-OH is 1. The smallest absolute Gasteiger partial charge is 0.266 e. The molecule has 1 rings (SSSR count). The maximum atomic E-state index is 11.2. The molecular formula is C10H14ClNO4S. The molecule has 0 unspecified atom stereocenters. The lowest BCUT2D eigenvalue weighted by molar-refractivity contribution is 0.259. The molecule has 7 heteroatoms. The highest BCUT2D eigenvalue weighted by molar-refractivity contribution is 8.13. The fourth-order valence-corrected chi connectivity index (χ4v) is 2.14. The third-order valence-electron chi connectivity index (χ3n) is 2.04. The second-order valence-electron chi connectivity index (χ2n) is 3.38. The number of hydrogen-bond acceptors (Lipinski definition) is 5. The normalized spacial score (nSPS) is 11.4. The monoisotopic (exact) mass is 279 g/mol. The lowest BCUT2D eigenvalue weighted by Gasteiger charge is -2.07. The summed E-state index contributed by atoms with van der Waals surface area (Å²) in [6.07, 6.45) is 3.67. The Morgan fingerprint density at radius 2 is 2.12 bits per heavy atom. The van der Waals surface area contributed by atoms with E-state index in [0.717, 1.165) is 12.8 Å². The zero-order valence-corrected chi connectivity index (χ0v) is 10.7. The molecule has 0 atom stereocenters. The van der Waals surface area contributed by atoms with Crippen molar-refractivity contribution in [1.29, 1.82) is 0 Å². The van der Waals surface area contributed by atoms with Crippen LogP contribution in [0.5, 0.6) is 5.88 Å². The highest BCUT2D eigenvalue weighted by Crippen LogP contribution is 2.24. The molecule has 0 bridgehead atoms. The topological polar surface area (TPSA) is 76.5 Å². The number of hydrogen-bond donors (Lipinski definition) is 1. The van der Waals surface area contributed by atoms with Gasteiger partial charge in [-0.3, -0.25) is 0 Å². The SMILES string of the molecule is O=S(=O)(Cl)c1cccnc1OCCCCCO. The van der Waals surface area contributed by atoms with Crippen LogP contribution >= 0.6 is 10.7 Å². The van der Waals surface area contributed by atoms with Gasteiger partial charge >= 0.3 is 0 Å². The minimum absolute atomic E-state index is 0.0199. The molecule has 0 aliphatic rings. The van der Waals surface area contributed by atoms with Gasteiger partial charge in [-0.1, -0.05) is 0 Å². The lowest BCUT2D eigenvalue weighted by Crippen LogP contribution is -2.04. The van der Waals surface area contributed by atoms with Crippen LogP contribution in [0.15, 0.2) is 23.2 Å². The van der Waals surface area contributed by atoms with Crippen molar-refractivity contribution in [2.75, 3.05) is 13.2 Å². The second-order valence-corrected chi connectivity index (χ2v) is 5.91. The van der Waals surface area contributed by atoms with Crippen LogP contribution in [0.4, 0.5) is 0 Å². The van der Waals surface area contributed by atoms with Crippen LogP contribution in [0.2, 0.25) is 0 Å². The summed E-state index contributed by atoms with van der Waals surface area (Å²) >= 11 is 0. The molecule has 1 aromatic rings. The summed E-state index contributed by atoms with van der Waals surface area (Å²) in [6, 6.07) is 2.83. The Bertz CT molecular complexity index is 449. The van der Waals surface area contributed by atoms with E-state index in [2.05, 4.69) is 4.98 Å². The van der Waals surface area contributed by atoms with Crippen LogP contribution in [0.1, 0.15) is 19.3 Å². The van der Waals surface area contributed by atoms with Crippen LogP contribution in [-0.4, -0.2) is 31.7 Å². The highest BCUT2D eigenvalue weighted by Gasteiger charge is 2.17. The third kappa shape index (κ3) is 4.89. The summed E-state index contributed by atoms with van der Waals surface area (Å²) in [5.41, 5.74) is 0. The van der Waals surface area contributed by atoms with E-state index in [4.69, 9.17) is 20.5 Å². The number of rotatable bonds is 7. The van der Waals surface area contributed by atoms with Crippen molar-refractivity contribution in [2.45, 2.75) is 24.2 Å². The third-order valence-corrected chi connectivity index (χ3v) is 3.37. The number of pyridine rings is 1. The van der Waals surface area contributed by atoms with Crippen LogP contribution in [-0.2, 0) is 9.05 Å². The number of aromatic nitrogens is 1. The number of nitrogens with zero attached hydrogens (tertiary/aromatic N) is 1. The minimum atomic E-state index is -3.84. The summed E-state index contributed by atoms with van der Waals surface area (Å²) in [4.78, 5) is 3.71. The first kappa shape index (κ1) is 14.2. The molecule has 1 heterocycles. The first-order valence-corrected chi connectivity index (χ1v) is 7.50. The Balaban J connectivity index is 2.59. The standard InChI is InChI=1S/C10H14ClNO4S/c11-17(14,15)9-5-4-6-12-10(9)16-8-3-1-2-7-13/h4-6,13H,1-3,7-8H2. The molecule has 0 saturated heterocycles. The van der Waals surface area contributed by atoms with Crippen molar-refractivity contribution in [3.05, 3.63) is 18.3 Å². The van der Waals surface area contributed by atoms with E-state index in [1.165, 1.54) is 18.3 Å². The summed E-state index contributed by atoms with van der Waals surface area (Å²) in [6.45, 7) is 0.487. The zero-order valence-electron chi connectivity index (χ0n) is 9.17. The second kappa shape index (κ2) is 6.78. The van der Waals surface area contributed by atoms with Gasteiger partial charge in [0, 0.05) is 23.5 Å². The van der Waals surface area contributed by atoms with Crippen LogP contribution in [0.3, 0.4) is 0 Å². The van der Waals surface area contributed by atoms with Crippen molar-refractivity contribution < 1.29 is 18.3 Å². The van der Waals surface area contributed by atoms with Gasteiger partial charge in [-0.25, -0.2) is 13.4 Å². The Kier molecular flexibility index (Phi) is 5.67. The van der Waals surface area contributed by atoms with Gasteiger partial charge in [-0.2, -0.15) is 0 Å². The predicted octanol–water partition coefficient (Wildman–Crippen LogP) is 1.55. The Labute approximate surface area is 105 Å². The fraction of sp³-hybridized carbons (Fsp3) is 0.500. The van der Waals surface area contributed by atoms with Gasteiger partial charge < -0.3 is 9.84 Å². The molecule has 0 aliphatic carbocycles. The Hall–Kier alpha value is -0.850. The summed E-state index contributed by atoms with van der Waals surface area (Å²) < 4.78 is 27.7. The van der Waals surface area contributed by atoms with E-state index >= 15 is 0 Å². The Morgan fingerprint density at radius 1 is 1.35 bits per heavy atom. The largest absolute Gasteiger partial charge is 0.477 e. The molecule has 0 fully saturated rings. The average molecular weight is 280 g/mol. The predicted molar refractivity (Wildman–Crippen MR) is 63.7 cm³/mol. The van der Waals surface area contributed by atoms with Gasteiger partial charge in [0.15, 0.2) is 0 Å². The molecule has 0 radical (unpaired) electrons. The van der Waals surface area contributed by atoms with Gasteiger partial charge in [-0.05, 0) is 31.4 Å². The van der Waals surface area contributed by atoms with Crippen molar-refractivity contribution in [2.24, 2.45) is 0 Å². The number of halogens is 1. The fourth-order valence-electron chi connectivity index (χ4n) is 1.23. The van der Waals surface area contributed by atoms with Crippen molar-refractivity contribution in [3.8, 4) is 5.88 Å². The maximum Gasteiger partial charge on any atom is 0.266 e. The summed E-state index contributed by atoms with van der Waals surface area (Å²) in [5.74, 6) is 0.0199. The molecule has 17 heavy (non-hydrogen) atoms. The van der Waals surface area contributed by atoms with Crippen LogP contribution in [0.25, 0.3) is 0 Å². The molecule has 96 valence electrons. The Morgan fingerprint density at radius 3 is 2.76 bits per heavy atom.